The Morgan fingerprint density at radius 1 is 0.806 bits per heavy atom. The van der Waals surface area contributed by atoms with Crippen LogP contribution in [0.25, 0.3) is 0 Å². The molecule has 0 aromatic heterocycles. The number of hydrogen-bond acceptors (Lipinski definition) is 1. The van der Waals surface area contributed by atoms with E-state index >= 15 is 0 Å². The Bertz CT molecular complexity index is 510. The van der Waals surface area contributed by atoms with Gasteiger partial charge in [-0.15, -0.1) is 12.8 Å². The third-order valence-electron chi connectivity index (χ3n) is 9.72. The second-order valence-electron chi connectivity index (χ2n) is 11.0. The monoisotopic (exact) mass is 433 g/mol. The van der Waals surface area contributed by atoms with Gasteiger partial charge in [0.05, 0.1) is 0 Å². The van der Waals surface area contributed by atoms with Gasteiger partial charge in [-0.2, -0.15) is 0 Å². The van der Waals surface area contributed by atoms with Crippen LogP contribution in [-0.4, -0.2) is 5.54 Å². The number of fused-ring (bicyclic) bond motifs is 5. The average molecular weight is 434 g/mol. The van der Waals surface area contributed by atoms with Crippen molar-refractivity contribution >= 4 is 0 Å². The zero-order valence-electron chi connectivity index (χ0n) is 21.7. The molecule has 0 aliphatic heterocycles. The molecule has 4 aliphatic carbocycles. The summed E-state index contributed by atoms with van der Waals surface area (Å²) in [5.41, 5.74) is 8.33. The molecule has 2 N–H and O–H groups in total. The first-order valence-corrected chi connectivity index (χ1v) is 13.5. The van der Waals surface area contributed by atoms with Crippen molar-refractivity contribution in [3.63, 3.8) is 0 Å². The van der Waals surface area contributed by atoms with Crippen LogP contribution in [-0.2, 0) is 0 Å². The van der Waals surface area contributed by atoms with Crippen LogP contribution in [0.3, 0.4) is 0 Å². The predicted molar refractivity (Wildman–Crippen MR) is 142 cm³/mol. The summed E-state index contributed by atoms with van der Waals surface area (Å²) >= 11 is 0. The van der Waals surface area contributed by atoms with Gasteiger partial charge >= 0.3 is 0 Å². The maximum atomic E-state index is 7.05. The van der Waals surface area contributed by atoms with Crippen molar-refractivity contribution < 1.29 is 0 Å². The van der Waals surface area contributed by atoms with Crippen molar-refractivity contribution in [2.45, 2.75) is 145 Å². The zero-order chi connectivity index (χ0) is 23.0. The molecular weight excluding hydrogens is 374 g/mol. The molecule has 7 atom stereocenters. The maximum Gasteiger partial charge on any atom is 0.0211 e. The summed E-state index contributed by atoms with van der Waals surface area (Å²) in [4.78, 5) is 0. The van der Waals surface area contributed by atoms with Gasteiger partial charge in [0, 0.05) is 5.54 Å². The highest BCUT2D eigenvalue weighted by molar-refractivity contribution is 5.14. The lowest BCUT2D eigenvalue weighted by atomic mass is 9.42. The Kier molecular flexibility index (Phi) is 13.1. The molecule has 0 aromatic rings. The van der Waals surface area contributed by atoms with Gasteiger partial charge in [-0.25, -0.2) is 0 Å². The van der Waals surface area contributed by atoms with E-state index in [0.717, 1.165) is 23.7 Å². The summed E-state index contributed by atoms with van der Waals surface area (Å²) in [7, 11) is 0. The molecule has 4 fully saturated rings. The largest absolute Gasteiger partial charge is 0.325 e. The molecular formula is C30H59N. The summed E-state index contributed by atoms with van der Waals surface area (Å²) in [6.07, 6.45) is 26.4. The van der Waals surface area contributed by atoms with Crippen LogP contribution in [0.2, 0.25) is 0 Å². The Balaban J connectivity index is 0.00000102. The van der Waals surface area contributed by atoms with Gasteiger partial charge in [0.15, 0.2) is 0 Å². The molecule has 184 valence electrons. The van der Waals surface area contributed by atoms with Crippen molar-refractivity contribution in [1.29, 1.82) is 0 Å². The second-order valence-corrected chi connectivity index (χ2v) is 11.0. The predicted octanol–water partition coefficient (Wildman–Crippen LogP) is 9.24. The summed E-state index contributed by atoms with van der Waals surface area (Å²) in [6.45, 7) is 15.9. The maximum absolute atomic E-state index is 7.05. The lowest BCUT2D eigenvalue weighted by Crippen LogP contribution is -2.65. The Hall–Kier alpha value is -0.480. The SMILES string of the molecule is C.C#C.CC.CCC.CCCC1CCC2C3CCC4(N)CCCCC4(C)C3CCC12C. The van der Waals surface area contributed by atoms with Crippen LogP contribution in [0.15, 0.2) is 0 Å². The van der Waals surface area contributed by atoms with Gasteiger partial charge in [0.2, 0.25) is 0 Å². The topological polar surface area (TPSA) is 26.0 Å². The van der Waals surface area contributed by atoms with Gasteiger partial charge in [-0.05, 0) is 85.9 Å². The third-order valence-corrected chi connectivity index (χ3v) is 9.72. The van der Waals surface area contributed by atoms with E-state index in [0.29, 0.717) is 10.8 Å². The molecule has 0 heterocycles. The third kappa shape index (κ3) is 5.54. The van der Waals surface area contributed by atoms with E-state index in [1.54, 1.807) is 0 Å². The first-order chi connectivity index (χ1) is 14.4. The molecule has 0 spiro atoms. The number of nitrogens with two attached hydrogens (primary N) is 1. The van der Waals surface area contributed by atoms with Crippen molar-refractivity contribution in [1.82, 2.24) is 0 Å². The molecule has 4 saturated carbocycles. The lowest BCUT2D eigenvalue weighted by molar-refractivity contribution is -0.122. The molecule has 7 unspecified atom stereocenters. The molecule has 4 aliphatic rings. The molecule has 0 bridgehead atoms. The Labute approximate surface area is 198 Å². The van der Waals surface area contributed by atoms with Crippen molar-refractivity contribution in [2.24, 2.45) is 40.2 Å². The zero-order valence-corrected chi connectivity index (χ0v) is 21.7. The first kappa shape index (κ1) is 30.5. The van der Waals surface area contributed by atoms with Gasteiger partial charge in [-0.3, -0.25) is 0 Å². The van der Waals surface area contributed by atoms with E-state index in [2.05, 4.69) is 47.5 Å². The Morgan fingerprint density at radius 3 is 1.97 bits per heavy atom. The van der Waals surface area contributed by atoms with E-state index in [9.17, 15) is 0 Å². The fourth-order valence-corrected chi connectivity index (χ4v) is 8.27. The smallest absolute Gasteiger partial charge is 0.0211 e. The van der Waals surface area contributed by atoms with E-state index in [-0.39, 0.29) is 13.0 Å². The fraction of sp³-hybridized carbons (Fsp3) is 0.933. The van der Waals surface area contributed by atoms with Crippen LogP contribution in [0.4, 0.5) is 0 Å². The van der Waals surface area contributed by atoms with Crippen LogP contribution in [0.1, 0.15) is 139 Å². The molecule has 31 heavy (non-hydrogen) atoms. The average Bonchev–Trinajstić information content (AvgIpc) is 3.09. The summed E-state index contributed by atoms with van der Waals surface area (Å²) in [5, 5.41) is 0. The standard InChI is InChI=1S/C22H39N.C3H8.C2H6.C2H2.CH4/c1-4-7-16-8-9-18-17-10-15-22(23)13-6-5-12-21(22,3)19(17)11-14-20(16,18)2;1-3-2;2*1-2;/h16-19H,4-15,23H2,1-3H3;3H2,1-2H3;1-2H3;1-2H;1H4. The van der Waals surface area contributed by atoms with Crippen molar-refractivity contribution in [3.8, 4) is 12.8 Å². The van der Waals surface area contributed by atoms with Gasteiger partial charge in [0.25, 0.3) is 0 Å². The molecule has 1 nitrogen and oxygen atoms in total. The lowest BCUT2D eigenvalue weighted by Gasteiger charge is -2.64. The highest BCUT2D eigenvalue weighted by Crippen LogP contribution is 2.68. The van der Waals surface area contributed by atoms with Gasteiger partial charge in [-0.1, -0.05) is 88.0 Å². The minimum atomic E-state index is 0. The molecule has 0 aromatic carbocycles. The van der Waals surface area contributed by atoms with Crippen LogP contribution in [0, 0.1) is 47.3 Å². The minimum absolute atomic E-state index is 0. The highest BCUT2D eigenvalue weighted by atomic mass is 14.8. The Morgan fingerprint density at radius 2 is 1.39 bits per heavy atom. The summed E-state index contributed by atoms with van der Waals surface area (Å²) in [6, 6.07) is 0. The summed E-state index contributed by atoms with van der Waals surface area (Å²) < 4.78 is 0. The van der Waals surface area contributed by atoms with Crippen LogP contribution in [0.5, 0.6) is 0 Å². The quantitative estimate of drug-likeness (QED) is 0.431. The van der Waals surface area contributed by atoms with Crippen molar-refractivity contribution in [3.05, 3.63) is 0 Å². The second kappa shape index (κ2) is 13.3. The number of rotatable bonds is 2. The molecule has 1 heteroatoms. The molecule has 0 radical (unpaired) electrons. The minimum Gasteiger partial charge on any atom is -0.325 e. The highest BCUT2D eigenvalue weighted by Gasteiger charge is 2.62. The van der Waals surface area contributed by atoms with Gasteiger partial charge in [0.1, 0.15) is 0 Å². The van der Waals surface area contributed by atoms with E-state index in [1.165, 1.54) is 83.5 Å². The number of terminal acetylenes is 1. The summed E-state index contributed by atoms with van der Waals surface area (Å²) in [5.74, 6) is 3.96. The fourth-order valence-electron chi connectivity index (χ4n) is 8.27. The number of hydrogen-bond donors (Lipinski definition) is 1. The molecule has 4 rings (SSSR count). The van der Waals surface area contributed by atoms with Crippen molar-refractivity contribution in [2.75, 3.05) is 0 Å². The molecule has 0 amide bonds. The normalized spacial score (nSPS) is 42.3. The van der Waals surface area contributed by atoms with Crippen LogP contribution < -0.4 is 5.73 Å². The first-order valence-electron chi connectivity index (χ1n) is 13.5. The van der Waals surface area contributed by atoms with Crippen LogP contribution >= 0.6 is 0 Å². The van der Waals surface area contributed by atoms with E-state index in [1.807, 2.05) is 13.8 Å². The van der Waals surface area contributed by atoms with E-state index < -0.39 is 0 Å². The van der Waals surface area contributed by atoms with E-state index in [4.69, 9.17) is 5.73 Å². The van der Waals surface area contributed by atoms with Gasteiger partial charge < -0.3 is 5.73 Å². The molecule has 0 saturated heterocycles.